The van der Waals surface area contributed by atoms with Gasteiger partial charge in [-0.25, -0.2) is 0 Å². The first-order valence-corrected chi connectivity index (χ1v) is 15.9. The van der Waals surface area contributed by atoms with Crippen LogP contribution in [0.1, 0.15) is 52.7 Å². The molecule has 2 aliphatic rings. The third-order valence-corrected chi connectivity index (χ3v) is 8.04. The second-order valence-corrected chi connectivity index (χ2v) is 14.0. The predicted molar refractivity (Wildman–Crippen MR) is 132 cm³/mol. The van der Waals surface area contributed by atoms with E-state index in [1.807, 2.05) is 18.2 Å². The van der Waals surface area contributed by atoms with Crippen molar-refractivity contribution in [1.82, 2.24) is 15.1 Å². The Morgan fingerprint density at radius 1 is 1.16 bits per heavy atom. The fraction of sp³-hybridized carbons (Fsp3) is 0.375. The first kappa shape index (κ1) is 22.9. The van der Waals surface area contributed by atoms with Gasteiger partial charge in [-0.1, -0.05) is 12.1 Å². The van der Waals surface area contributed by atoms with Crippen molar-refractivity contribution in [3.05, 3.63) is 59.3 Å². The number of nitrogens with one attached hydrogen (secondary N) is 2. The summed E-state index contributed by atoms with van der Waals surface area (Å²) in [5.74, 6) is 0.770. The SMILES string of the molecule is C[As](C)CC(=O)n1ncc2c(NC(=O)NC3CCc4cc(C5CC5)ccc43)cccc21.Cl. The molecule has 2 aliphatic carbocycles. The van der Waals surface area contributed by atoms with Gasteiger partial charge in [-0.15, -0.1) is 12.4 Å². The molecule has 1 aromatic heterocycles. The van der Waals surface area contributed by atoms with Gasteiger partial charge in [0.25, 0.3) is 0 Å². The normalized spacial score (nSPS) is 17.2. The van der Waals surface area contributed by atoms with Crippen LogP contribution in [0, 0.1) is 0 Å². The van der Waals surface area contributed by atoms with Gasteiger partial charge in [0, 0.05) is 0 Å². The number of halogens is 1. The van der Waals surface area contributed by atoms with E-state index in [0.29, 0.717) is 10.9 Å². The average Bonchev–Trinajstić information content (AvgIpc) is 3.37. The molecule has 2 N–H and O–H groups in total. The monoisotopic (exact) mass is 514 g/mol. The molecule has 0 aliphatic heterocycles. The summed E-state index contributed by atoms with van der Waals surface area (Å²) >= 11 is -1.10. The summed E-state index contributed by atoms with van der Waals surface area (Å²) in [7, 11) is 0. The van der Waals surface area contributed by atoms with E-state index in [1.54, 1.807) is 6.20 Å². The molecule has 0 radical (unpaired) electrons. The third-order valence-electron chi connectivity index (χ3n) is 6.15. The standard InChI is InChI=1S/C24H27AsN4O2.ClH/c1-25(2)13-23(30)29-22-5-3-4-20(19(22)14-26-29)27-24(31)28-21-11-9-17-12-16(15-6-7-15)8-10-18(17)21;/h3-5,8,10,12,14-15,21H,6-7,9,11,13H2,1-2H3,(H2,27,28,31);1H. The number of urea groups is 1. The van der Waals surface area contributed by atoms with E-state index in [-0.39, 0.29) is 30.4 Å². The zero-order valence-electron chi connectivity index (χ0n) is 18.3. The molecule has 0 bridgehead atoms. The van der Waals surface area contributed by atoms with E-state index in [4.69, 9.17) is 0 Å². The summed E-state index contributed by atoms with van der Waals surface area (Å²) in [6.45, 7) is 0. The van der Waals surface area contributed by atoms with Gasteiger partial charge in [-0.3, -0.25) is 0 Å². The number of nitrogens with zero attached hydrogens (tertiary/aromatic N) is 2. The predicted octanol–water partition coefficient (Wildman–Crippen LogP) is 5.54. The molecule has 1 heterocycles. The van der Waals surface area contributed by atoms with E-state index in [9.17, 15) is 9.59 Å². The number of fused-ring (bicyclic) bond motifs is 2. The van der Waals surface area contributed by atoms with E-state index in [2.05, 4.69) is 45.4 Å². The van der Waals surface area contributed by atoms with Gasteiger partial charge in [-0.05, 0) is 24.3 Å². The summed E-state index contributed by atoms with van der Waals surface area (Å²) in [5, 5.41) is 11.7. The number of anilines is 1. The van der Waals surface area contributed by atoms with Crippen molar-refractivity contribution in [2.24, 2.45) is 0 Å². The smallest absolute Gasteiger partial charge is 0.147 e. The van der Waals surface area contributed by atoms with Gasteiger partial charge >= 0.3 is 150 Å². The van der Waals surface area contributed by atoms with E-state index < -0.39 is 14.7 Å². The van der Waals surface area contributed by atoms with Gasteiger partial charge < -0.3 is 0 Å². The average molecular weight is 515 g/mol. The van der Waals surface area contributed by atoms with Crippen molar-refractivity contribution < 1.29 is 9.59 Å². The fourth-order valence-corrected chi connectivity index (χ4v) is 5.89. The number of carbonyl (C=O) groups is 2. The van der Waals surface area contributed by atoms with E-state index in [1.165, 1.54) is 34.2 Å². The second-order valence-electron chi connectivity index (χ2n) is 8.85. The van der Waals surface area contributed by atoms with Crippen LogP contribution in [0.3, 0.4) is 0 Å². The van der Waals surface area contributed by atoms with Crippen LogP contribution in [0.4, 0.5) is 10.5 Å². The van der Waals surface area contributed by atoms with E-state index in [0.717, 1.165) is 29.7 Å². The molecular formula is C24H28AsClN4O2. The van der Waals surface area contributed by atoms with Crippen molar-refractivity contribution in [3.8, 4) is 0 Å². The maximum absolute atomic E-state index is 12.8. The molecule has 5 rings (SSSR count). The Morgan fingerprint density at radius 3 is 2.72 bits per heavy atom. The Bertz CT molecular complexity index is 1170. The van der Waals surface area contributed by atoms with Crippen LogP contribution in [0.5, 0.6) is 0 Å². The molecule has 8 heteroatoms. The number of carbonyl (C=O) groups excluding carboxylic acids is 2. The molecule has 32 heavy (non-hydrogen) atoms. The van der Waals surface area contributed by atoms with Crippen LogP contribution >= 0.6 is 12.4 Å². The number of aromatic nitrogens is 2. The third kappa shape index (κ3) is 4.57. The van der Waals surface area contributed by atoms with Crippen LogP contribution in [0.25, 0.3) is 10.9 Å². The molecule has 2 aromatic carbocycles. The topological polar surface area (TPSA) is 76.0 Å². The van der Waals surface area contributed by atoms with Crippen LogP contribution in [0.15, 0.2) is 42.6 Å². The maximum atomic E-state index is 12.8. The molecular weight excluding hydrogens is 487 g/mol. The molecule has 1 unspecified atom stereocenters. The summed E-state index contributed by atoms with van der Waals surface area (Å²) in [4.78, 5) is 25.3. The molecule has 0 spiro atoms. The van der Waals surface area contributed by atoms with Gasteiger partial charge in [-0.2, -0.15) is 0 Å². The Hall–Kier alpha value is -2.30. The zero-order chi connectivity index (χ0) is 21.5. The first-order chi connectivity index (χ1) is 15.0. The van der Waals surface area contributed by atoms with Gasteiger partial charge in [0.05, 0.1) is 0 Å². The number of benzene rings is 2. The number of aryl methyl sites for hydroxylation is 1. The quantitative estimate of drug-likeness (QED) is 0.439. The number of hydrogen-bond donors (Lipinski definition) is 2. The number of amides is 2. The molecule has 2 amide bonds. The molecule has 1 fully saturated rings. The van der Waals surface area contributed by atoms with Crippen LogP contribution in [-0.2, 0) is 6.42 Å². The minimum Gasteiger partial charge on any atom is -0.147 e. The molecule has 1 atom stereocenters. The van der Waals surface area contributed by atoms with Crippen molar-refractivity contribution in [1.29, 1.82) is 0 Å². The molecule has 6 nitrogen and oxygen atoms in total. The van der Waals surface area contributed by atoms with Crippen LogP contribution in [0.2, 0.25) is 16.6 Å². The Kier molecular flexibility index (Phi) is 6.64. The summed E-state index contributed by atoms with van der Waals surface area (Å²) in [6, 6.07) is 12.1. The minimum atomic E-state index is -1.10. The first-order valence-electron chi connectivity index (χ1n) is 10.8. The van der Waals surface area contributed by atoms with Crippen molar-refractivity contribution in [3.63, 3.8) is 0 Å². The van der Waals surface area contributed by atoms with Gasteiger partial charge in [0.2, 0.25) is 0 Å². The van der Waals surface area contributed by atoms with Gasteiger partial charge in [0.15, 0.2) is 0 Å². The summed E-state index contributed by atoms with van der Waals surface area (Å²) in [5.41, 5.74) is 9.75. The summed E-state index contributed by atoms with van der Waals surface area (Å²) < 4.78 is 1.47. The van der Waals surface area contributed by atoms with Crippen molar-refractivity contribution in [2.45, 2.75) is 54.3 Å². The van der Waals surface area contributed by atoms with Crippen molar-refractivity contribution >= 4 is 55.6 Å². The molecule has 0 saturated heterocycles. The minimum absolute atomic E-state index is 0. The zero-order valence-corrected chi connectivity index (χ0v) is 21.0. The Morgan fingerprint density at radius 2 is 1.97 bits per heavy atom. The van der Waals surface area contributed by atoms with Crippen molar-refractivity contribution in [2.75, 3.05) is 5.32 Å². The fourth-order valence-electron chi connectivity index (χ4n) is 4.47. The van der Waals surface area contributed by atoms with Gasteiger partial charge in [0.1, 0.15) is 0 Å². The Balaban J connectivity index is 0.00000245. The molecule has 1 saturated carbocycles. The molecule has 168 valence electrons. The van der Waals surface area contributed by atoms with Crippen LogP contribution < -0.4 is 10.6 Å². The second kappa shape index (κ2) is 9.28. The van der Waals surface area contributed by atoms with E-state index >= 15 is 0 Å². The van der Waals surface area contributed by atoms with Crippen LogP contribution in [-0.4, -0.2) is 36.4 Å². The number of hydrogen-bond acceptors (Lipinski definition) is 3. The number of rotatable bonds is 5. The Labute approximate surface area is 198 Å². The summed E-state index contributed by atoms with van der Waals surface area (Å²) in [6.07, 6.45) is 6.19. The molecule has 3 aromatic rings. The maximum Gasteiger partial charge on any atom is -0.147 e. The largest absolute Gasteiger partial charge is 0.147 e.